The van der Waals surface area contributed by atoms with Crippen molar-refractivity contribution in [1.82, 2.24) is 15.0 Å². The molecule has 0 fully saturated rings. The average molecular weight is 474 g/mol. The van der Waals surface area contributed by atoms with Crippen LogP contribution in [0.4, 0.5) is 23.3 Å². The van der Waals surface area contributed by atoms with E-state index in [2.05, 4.69) is 25.6 Å². The topological polar surface area (TPSA) is 166 Å². The Morgan fingerprint density at radius 3 is 2.47 bits per heavy atom. The van der Waals surface area contributed by atoms with Gasteiger partial charge in [-0.25, -0.2) is 13.6 Å². The number of nitrogens with one attached hydrogen (secondary N) is 2. The Morgan fingerprint density at radius 2 is 1.78 bits per heavy atom. The van der Waals surface area contributed by atoms with Crippen molar-refractivity contribution in [3.63, 3.8) is 0 Å². The number of aromatic nitrogens is 3. The van der Waals surface area contributed by atoms with E-state index in [0.29, 0.717) is 29.0 Å². The van der Waals surface area contributed by atoms with E-state index < -0.39 is 10.0 Å². The Labute approximate surface area is 190 Å². The number of primary sulfonamides is 1. The minimum Gasteiger partial charge on any atom is -0.368 e. The molecule has 0 bridgehead atoms. The van der Waals surface area contributed by atoms with Gasteiger partial charge in [-0.15, -0.1) is 0 Å². The lowest BCUT2D eigenvalue weighted by molar-refractivity contribution is -0.115. The predicted octanol–water partition coefficient (Wildman–Crippen LogP) is 2.42. The van der Waals surface area contributed by atoms with Gasteiger partial charge in [-0.05, 0) is 42.8 Å². The third-order valence-corrected chi connectivity index (χ3v) is 6.15. The van der Waals surface area contributed by atoms with Crippen LogP contribution < -0.4 is 21.5 Å². The zero-order chi connectivity index (χ0) is 23.1. The SMILES string of the molecule is Cc1ccccc1Nc1nc(N)nc(CSCCC(=O)Nc2ccc(S(N)(=O)=O)cc2)n1. The molecule has 3 aromatic rings. The summed E-state index contributed by atoms with van der Waals surface area (Å²) in [6.45, 7) is 1.98. The molecular weight excluding hydrogens is 450 g/mol. The molecule has 0 radical (unpaired) electrons. The number of sulfonamides is 1. The fraction of sp³-hybridized carbons (Fsp3) is 0.200. The van der Waals surface area contributed by atoms with Crippen molar-refractivity contribution in [2.45, 2.75) is 24.0 Å². The minimum atomic E-state index is -3.76. The lowest BCUT2D eigenvalue weighted by Crippen LogP contribution is -2.14. The number of benzene rings is 2. The molecular formula is C20H23N7O3S2. The minimum absolute atomic E-state index is 0.0148. The molecule has 0 saturated heterocycles. The molecule has 168 valence electrons. The Morgan fingerprint density at radius 1 is 1.06 bits per heavy atom. The van der Waals surface area contributed by atoms with Gasteiger partial charge in [0.05, 0.1) is 10.6 Å². The van der Waals surface area contributed by atoms with Crippen molar-refractivity contribution in [1.29, 1.82) is 0 Å². The molecule has 0 unspecified atom stereocenters. The monoisotopic (exact) mass is 473 g/mol. The fourth-order valence-corrected chi connectivity index (χ4v) is 3.97. The first-order chi connectivity index (χ1) is 15.2. The van der Waals surface area contributed by atoms with Crippen LogP contribution in [-0.2, 0) is 20.6 Å². The molecule has 0 atom stereocenters. The van der Waals surface area contributed by atoms with Crippen LogP contribution in [0.3, 0.4) is 0 Å². The molecule has 1 aromatic heterocycles. The van der Waals surface area contributed by atoms with E-state index in [4.69, 9.17) is 10.9 Å². The first-order valence-electron chi connectivity index (χ1n) is 9.54. The molecule has 3 rings (SSSR count). The molecule has 0 aliphatic rings. The molecule has 10 nitrogen and oxygen atoms in total. The van der Waals surface area contributed by atoms with Gasteiger partial charge in [0.2, 0.25) is 27.8 Å². The second kappa shape index (κ2) is 10.4. The number of anilines is 4. The molecule has 1 amide bonds. The number of nitrogen functional groups attached to an aromatic ring is 1. The standard InChI is InChI=1S/C20H23N7O3S2/c1-13-4-2-3-5-16(13)24-20-26-17(25-19(21)27-20)12-31-11-10-18(28)23-14-6-8-15(9-7-14)32(22,29)30/h2-9H,10-12H2,1H3,(H,23,28)(H2,22,29,30)(H3,21,24,25,26,27). The number of hydrogen-bond acceptors (Lipinski definition) is 9. The number of rotatable bonds is 9. The normalized spacial score (nSPS) is 11.2. The van der Waals surface area contributed by atoms with Crippen LogP contribution >= 0.6 is 11.8 Å². The van der Waals surface area contributed by atoms with Gasteiger partial charge in [0.1, 0.15) is 5.82 Å². The van der Waals surface area contributed by atoms with Crippen LogP contribution in [0.25, 0.3) is 0 Å². The molecule has 12 heteroatoms. The fourth-order valence-electron chi connectivity index (χ4n) is 2.67. The summed E-state index contributed by atoms with van der Waals surface area (Å²) in [5, 5.41) is 10.9. The summed E-state index contributed by atoms with van der Waals surface area (Å²) in [6.07, 6.45) is 0.260. The summed E-state index contributed by atoms with van der Waals surface area (Å²) in [6, 6.07) is 13.4. The third kappa shape index (κ3) is 6.90. The highest BCUT2D eigenvalue weighted by atomic mass is 32.2. The van der Waals surface area contributed by atoms with Crippen LogP contribution in [0.5, 0.6) is 0 Å². The third-order valence-electron chi connectivity index (χ3n) is 4.26. The molecule has 0 spiro atoms. The Balaban J connectivity index is 1.48. The Hall–Kier alpha value is -3.22. The van der Waals surface area contributed by atoms with E-state index >= 15 is 0 Å². The van der Waals surface area contributed by atoms with Gasteiger partial charge in [0.25, 0.3) is 0 Å². The summed E-state index contributed by atoms with van der Waals surface area (Å²) in [5.74, 6) is 1.80. The number of aryl methyl sites for hydroxylation is 1. The van der Waals surface area contributed by atoms with E-state index in [9.17, 15) is 13.2 Å². The molecule has 0 saturated carbocycles. The summed E-state index contributed by atoms with van der Waals surface area (Å²) >= 11 is 1.49. The second-order valence-corrected chi connectivity index (χ2v) is 9.46. The smallest absolute Gasteiger partial charge is 0.238 e. The van der Waals surface area contributed by atoms with Crippen LogP contribution in [0.1, 0.15) is 17.8 Å². The number of amides is 1. The lowest BCUT2D eigenvalue weighted by atomic mass is 10.2. The molecule has 0 aliphatic heterocycles. The lowest BCUT2D eigenvalue weighted by Gasteiger charge is -2.09. The van der Waals surface area contributed by atoms with Gasteiger partial charge < -0.3 is 16.4 Å². The number of nitrogens with zero attached hydrogens (tertiary/aromatic N) is 3. The molecule has 32 heavy (non-hydrogen) atoms. The van der Waals surface area contributed by atoms with Gasteiger partial charge in [0, 0.05) is 23.5 Å². The van der Waals surface area contributed by atoms with E-state index in [0.717, 1.165) is 11.3 Å². The molecule has 6 N–H and O–H groups in total. The van der Waals surface area contributed by atoms with Gasteiger partial charge in [-0.3, -0.25) is 4.79 Å². The largest absolute Gasteiger partial charge is 0.368 e. The van der Waals surface area contributed by atoms with Crippen molar-refractivity contribution in [2.75, 3.05) is 22.1 Å². The van der Waals surface area contributed by atoms with E-state index in [1.165, 1.54) is 36.0 Å². The summed E-state index contributed by atoms with van der Waals surface area (Å²) in [7, 11) is -3.76. The van der Waals surface area contributed by atoms with Gasteiger partial charge in [-0.2, -0.15) is 26.7 Å². The van der Waals surface area contributed by atoms with Crippen molar-refractivity contribution in [2.24, 2.45) is 5.14 Å². The number of carbonyl (C=O) groups excluding carboxylic acids is 1. The Kier molecular flexibility index (Phi) is 7.62. The predicted molar refractivity (Wildman–Crippen MR) is 126 cm³/mol. The summed E-state index contributed by atoms with van der Waals surface area (Å²) in [5.41, 5.74) is 8.23. The van der Waals surface area contributed by atoms with Crippen LogP contribution in [0.2, 0.25) is 0 Å². The van der Waals surface area contributed by atoms with Gasteiger partial charge >= 0.3 is 0 Å². The number of hydrogen-bond donors (Lipinski definition) is 4. The number of nitrogens with two attached hydrogens (primary N) is 2. The average Bonchev–Trinajstić information content (AvgIpc) is 2.72. The van der Waals surface area contributed by atoms with Crippen LogP contribution in [0, 0.1) is 6.92 Å². The number of para-hydroxylation sites is 1. The summed E-state index contributed by atoms with van der Waals surface area (Å²) in [4.78, 5) is 24.7. The van der Waals surface area contributed by atoms with Crippen molar-refractivity contribution in [3.05, 3.63) is 59.9 Å². The van der Waals surface area contributed by atoms with Crippen LogP contribution in [-0.4, -0.2) is 35.0 Å². The van der Waals surface area contributed by atoms with Crippen LogP contribution in [0.15, 0.2) is 53.4 Å². The maximum Gasteiger partial charge on any atom is 0.238 e. The maximum absolute atomic E-state index is 12.1. The second-order valence-electron chi connectivity index (χ2n) is 6.79. The van der Waals surface area contributed by atoms with E-state index in [-0.39, 0.29) is 23.2 Å². The van der Waals surface area contributed by atoms with Crippen molar-refractivity contribution < 1.29 is 13.2 Å². The van der Waals surface area contributed by atoms with Crippen molar-refractivity contribution >= 4 is 51.0 Å². The highest BCUT2D eigenvalue weighted by molar-refractivity contribution is 7.98. The summed E-state index contributed by atoms with van der Waals surface area (Å²) < 4.78 is 22.5. The van der Waals surface area contributed by atoms with E-state index in [1.54, 1.807) is 0 Å². The highest BCUT2D eigenvalue weighted by Crippen LogP contribution is 2.19. The highest BCUT2D eigenvalue weighted by Gasteiger charge is 2.09. The van der Waals surface area contributed by atoms with Gasteiger partial charge in [0.15, 0.2) is 0 Å². The van der Waals surface area contributed by atoms with Gasteiger partial charge in [-0.1, -0.05) is 18.2 Å². The quantitative estimate of drug-likeness (QED) is 0.341. The van der Waals surface area contributed by atoms with Crippen molar-refractivity contribution in [3.8, 4) is 0 Å². The first kappa shape index (κ1) is 23.4. The van der Waals surface area contributed by atoms with E-state index in [1.807, 2.05) is 31.2 Å². The number of thioether (sulfide) groups is 1. The molecule has 2 aromatic carbocycles. The zero-order valence-electron chi connectivity index (χ0n) is 17.3. The first-order valence-corrected chi connectivity index (χ1v) is 12.2. The molecule has 0 aliphatic carbocycles. The molecule has 1 heterocycles. The zero-order valence-corrected chi connectivity index (χ0v) is 18.9. The Bertz CT molecular complexity index is 1200. The maximum atomic E-state index is 12.1. The number of carbonyl (C=O) groups is 1.